The molecule has 0 spiro atoms. The van der Waals surface area contributed by atoms with Gasteiger partial charge in [0.1, 0.15) is 22.7 Å². The fourth-order valence-electron chi connectivity index (χ4n) is 7.19. The minimum absolute atomic E-state index is 0.122. The SMILES string of the molecule is CCC(CC)(CC1CO1)Oc1c(C)cc(C(CC)(CC)C(CC)(CC)Oc2c(C)cc(C)cc2C)cc1C. The van der Waals surface area contributed by atoms with Gasteiger partial charge in [0, 0.05) is 11.8 Å². The number of ether oxygens (including phenoxy) is 3. The zero-order valence-corrected chi connectivity index (χ0v) is 26.3. The standard InChI is InChI=1S/C35H54O3/c1-12-33(13-2,22-30-23-36-30)37-31-27(10)20-29(21-28(31)11)34(14-3,15-4)35(16-5,17-6)38-32-25(8)18-24(7)19-26(32)9/h18-21,30H,12-17,22-23H2,1-11H3. The predicted molar refractivity (Wildman–Crippen MR) is 161 cm³/mol. The molecule has 0 aliphatic carbocycles. The lowest BCUT2D eigenvalue weighted by Crippen LogP contribution is -2.55. The molecule has 3 heteroatoms. The van der Waals surface area contributed by atoms with Gasteiger partial charge in [-0.2, -0.15) is 0 Å². The van der Waals surface area contributed by atoms with Gasteiger partial charge in [-0.05, 0) is 101 Å². The van der Waals surface area contributed by atoms with Gasteiger partial charge in [-0.3, -0.25) is 0 Å². The van der Waals surface area contributed by atoms with Crippen LogP contribution in [0.5, 0.6) is 11.5 Å². The lowest BCUT2D eigenvalue weighted by molar-refractivity contribution is -0.0294. The summed E-state index contributed by atoms with van der Waals surface area (Å²) in [6.45, 7) is 25.6. The van der Waals surface area contributed by atoms with Crippen LogP contribution in [0.1, 0.15) is 120 Å². The minimum atomic E-state index is -0.317. The molecular weight excluding hydrogens is 468 g/mol. The number of epoxide rings is 1. The Morgan fingerprint density at radius 1 is 0.658 bits per heavy atom. The molecule has 0 radical (unpaired) electrons. The highest BCUT2D eigenvalue weighted by Gasteiger charge is 2.51. The van der Waals surface area contributed by atoms with E-state index in [2.05, 4.69) is 100 Å². The quantitative estimate of drug-likeness (QED) is 0.231. The van der Waals surface area contributed by atoms with E-state index in [0.29, 0.717) is 6.10 Å². The van der Waals surface area contributed by atoms with Gasteiger partial charge in [0.25, 0.3) is 0 Å². The molecule has 1 aliphatic heterocycles. The maximum atomic E-state index is 7.25. The van der Waals surface area contributed by atoms with Crippen LogP contribution in [0.25, 0.3) is 0 Å². The van der Waals surface area contributed by atoms with Gasteiger partial charge < -0.3 is 14.2 Å². The summed E-state index contributed by atoms with van der Waals surface area (Å²) in [5.41, 5.74) is 6.93. The summed E-state index contributed by atoms with van der Waals surface area (Å²) < 4.78 is 19.8. The molecule has 0 bridgehead atoms. The van der Waals surface area contributed by atoms with E-state index in [-0.39, 0.29) is 16.6 Å². The van der Waals surface area contributed by atoms with Crippen molar-refractivity contribution in [2.75, 3.05) is 6.61 Å². The van der Waals surface area contributed by atoms with Crippen molar-refractivity contribution in [3.8, 4) is 11.5 Å². The monoisotopic (exact) mass is 522 g/mol. The second kappa shape index (κ2) is 12.0. The highest BCUT2D eigenvalue weighted by molar-refractivity contribution is 5.48. The van der Waals surface area contributed by atoms with Crippen LogP contribution in [0.2, 0.25) is 0 Å². The van der Waals surface area contributed by atoms with Gasteiger partial charge in [-0.25, -0.2) is 0 Å². The zero-order valence-electron chi connectivity index (χ0n) is 26.3. The van der Waals surface area contributed by atoms with E-state index in [1.807, 2.05) is 0 Å². The molecule has 1 unspecified atom stereocenters. The Morgan fingerprint density at radius 3 is 1.50 bits per heavy atom. The van der Waals surface area contributed by atoms with Crippen molar-refractivity contribution in [2.45, 2.75) is 144 Å². The van der Waals surface area contributed by atoms with Crippen LogP contribution in [-0.2, 0) is 10.2 Å². The van der Waals surface area contributed by atoms with Gasteiger partial charge >= 0.3 is 0 Å². The molecule has 3 nitrogen and oxygen atoms in total. The summed E-state index contributed by atoms with van der Waals surface area (Å²) in [6, 6.07) is 9.30. The lowest BCUT2D eigenvalue weighted by Gasteiger charge is -2.51. The largest absolute Gasteiger partial charge is 0.487 e. The summed E-state index contributed by atoms with van der Waals surface area (Å²) >= 11 is 0. The molecule has 1 fully saturated rings. The van der Waals surface area contributed by atoms with E-state index in [9.17, 15) is 0 Å². The van der Waals surface area contributed by atoms with Crippen LogP contribution >= 0.6 is 0 Å². The second-order valence-corrected chi connectivity index (χ2v) is 11.9. The highest BCUT2D eigenvalue weighted by Crippen LogP contribution is 2.50. The van der Waals surface area contributed by atoms with E-state index in [4.69, 9.17) is 14.2 Å². The summed E-state index contributed by atoms with van der Waals surface area (Å²) in [5, 5.41) is 0. The van der Waals surface area contributed by atoms with Gasteiger partial charge in [0.05, 0.1) is 12.7 Å². The Balaban J connectivity index is 2.11. The fourth-order valence-corrected chi connectivity index (χ4v) is 7.19. The van der Waals surface area contributed by atoms with Crippen molar-refractivity contribution in [1.82, 2.24) is 0 Å². The maximum Gasteiger partial charge on any atom is 0.126 e. The molecule has 38 heavy (non-hydrogen) atoms. The van der Waals surface area contributed by atoms with Crippen LogP contribution in [0.3, 0.4) is 0 Å². The molecule has 2 aromatic carbocycles. The molecule has 0 aromatic heterocycles. The van der Waals surface area contributed by atoms with Gasteiger partial charge in [-0.1, -0.05) is 71.4 Å². The first-order valence-electron chi connectivity index (χ1n) is 15.2. The van der Waals surface area contributed by atoms with Crippen molar-refractivity contribution in [2.24, 2.45) is 0 Å². The first-order chi connectivity index (χ1) is 18.0. The fraction of sp³-hybridized carbons (Fsp3) is 0.657. The molecule has 1 saturated heterocycles. The van der Waals surface area contributed by atoms with Crippen LogP contribution in [0.15, 0.2) is 24.3 Å². The smallest absolute Gasteiger partial charge is 0.126 e. The Bertz CT molecular complexity index is 1040. The molecular formula is C35H54O3. The Labute approximate surface area is 233 Å². The molecule has 1 heterocycles. The normalized spacial score (nSPS) is 16.0. The Kier molecular flexibility index (Phi) is 9.67. The van der Waals surface area contributed by atoms with E-state index < -0.39 is 0 Å². The van der Waals surface area contributed by atoms with Crippen molar-refractivity contribution >= 4 is 0 Å². The van der Waals surface area contributed by atoms with E-state index in [1.54, 1.807) is 0 Å². The van der Waals surface area contributed by atoms with Crippen molar-refractivity contribution < 1.29 is 14.2 Å². The average Bonchev–Trinajstić information content (AvgIpc) is 3.71. The first kappa shape index (κ1) is 30.5. The molecule has 1 aliphatic rings. The van der Waals surface area contributed by atoms with Crippen molar-refractivity contribution in [1.29, 1.82) is 0 Å². The average molecular weight is 523 g/mol. The van der Waals surface area contributed by atoms with E-state index in [0.717, 1.165) is 63.1 Å². The third-order valence-electron chi connectivity index (χ3n) is 9.75. The number of hydrogen-bond acceptors (Lipinski definition) is 3. The van der Waals surface area contributed by atoms with Gasteiger partial charge in [0.2, 0.25) is 0 Å². The Hall–Kier alpha value is -2.00. The molecule has 1 atom stereocenters. The van der Waals surface area contributed by atoms with Gasteiger partial charge in [0.15, 0.2) is 0 Å². The minimum Gasteiger partial charge on any atom is -0.487 e. The van der Waals surface area contributed by atoms with Crippen LogP contribution in [0, 0.1) is 34.6 Å². The van der Waals surface area contributed by atoms with Crippen LogP contribution < -0.4 is 9.47 Å². The summed E-state index contributed by atoms with van der Waals surface area (Å²) in [6.07, 6.45) is 7.21. The zero-order chi connectivity index (χ0) is 28.3. The second-order valence-electron chi connectivity index (χ2n) is 11.9. The molecule has 0 saturated carbocycles. The topological polar surface area (TPSA) is 31.0 Å². The summed E-state index contributed by atoms with van der Waals surface area (Å²) in [4.78, 5) is 0. The Morgan fingerprint density at radius 2 is 1.11 bits per heavy atom. The van der Waals surface area contributed by atoms with Crippen molar-refractivity contribution in [3.63, 3.8) is 0 Å². The molecule has 2 aromatic rings. The summed E-state index contributed by atoms with van der Waals surface area (Å²) in [5.74, 6) is 2.10. The van der Waals surface area contributed by atoms with Gasteiger partial charge in [-0.15, -0.1) is 0 Å². The lowest BCUT2D eigenvalue weighted by atomic mass is 9.61. The molecule has 212 valence electrons. The third-order valence-corrected chi connectivity index (χ3v) is 9.75. The van der Waals surface area contributed by atoms with Crippen LogP contribution in [-0.4, -0.2) is 23.9 Å². The molecule has 0 N–H and O–H groups in total. The van der Waals surface area contributed by atoms with Crippen molar-refractivity contribution in [3.05, 3.63) is 57.6 Å². The predicted octanol–water partition coefficient (Wildman–Crippen LogP) is 9.65. The number of rotatable bonds is 14. The number of benzene rings is 2. The maximum absolute atomic E-state index is 7.25. The summed E-state index contributed by atoms with van der Waals surface area (Å²) in [7, 11) is 0. The van der Waals surface area contributed by atoms with E-state index in [1.165, 1.54) is 33.4 Å². The van der Waals surface area contributed by atoms with Crippen LogP contribution in [0.4, 0.5) is 0 Å². The number of aryl methyl sites for hydroxylation is 5. The first-order valence-corrected chi connectivity index (χ1v) is 15.2. The van der Waals surface area contributed by atoms with E-state index >= 15 is 0 Å². The molecule has 0 amide bonds. The number of hydrogen-bond donors (Lipinski definition) is 0. The molecule has 3 rings (SSSR count). The highest BCUT2D eigenvalue weighted by atomic mass is 16.6. The third kappa shape index (κ3) is 5.64.